The van der Waals surface area contributed by atoms with E-state index in [2.05, 4.69) is 25.0 Å². The summed E-state index contributed by atoms with van der Waals surface area (Å²) in [7, 11) is 3.55. The number of aromatic nitrogens is 6. The van der Waals surface area contributed by atoms with E-state index >= 15 is 0 Å². The fraction of sp³-hybridized carbons (Fsp3) is 0.143. The molecule has 0 radical (unpaired) electrons. The maximum absolute atomic E-state index is 12.7. The minimum absolute atomic E-state index is 0.0441. The van der Waals surface area contributed by atoms with Crippen LogP contribution in [0.2, 0.25) is 0 Å². The maximum Gasteiger partial charge on any atom is 0.378 e. The van der Waals surface area contributed by atoms with Gasteiger partial charge in [-0.05, 0) is 12.1 Å². The number of nitrogen functional groups attached to an aromatic ring is 1. The average molecular weight is 416 g/mol. The zero-order chi connectivity index (χ0) is 21.8. The summed E-state index contributed by atoms with van der Waals surface area (Å²) < 4.78 is 6.95. The number of rotatable bonds is 6. The lowest BCUT2D eigenvalue weighted by atomic mass is 10.2. The highest BCUT2D eigenvalue weighted by molar-refractivity contribution is 5.86. The van der Waals surface area contributed by atoms with Crippen LogP contribution in [0.25, 0.3) is 17.1 Å². The number of nitrogens with two attached hydrogens (primary N) is 1. The van der Waals surface area contributed by atoms with Crippen molar-refractivity contribution in [3.8, 4) is 17.1 Å². The van der Waals surface area contributed by atoms with Gasteiger partial charge in [0, 0.05) is 19.7 Å². The minimum atomic E-state index is -0.697. The van der Waals surface area contributed by atoms with Crippen LogP contribution in [-0.4, -0.2) is 49.8 Å². The second kappa shape index (κ2) is 8.57. The fourth-order valence-corrected chi connectivity index (χ4v) is 2.81. The third-order valence-corrected chi connectivity index (χ3v) is 4.24. The Hall–Kier alpha value is -4.34. The van der Waals surface area contributed by atoms with E-state index in [0.29, 0.717) is 11.8 Å². The van der Waals surface area contributed by atoms with Crippen LogP contribution < -0.4 is 10.6 Å². The number of hydrogen-bond acceptors (Lipinski definition) is 9. The topological polar surface area (TPSA) is 125 Å². The van der Waals surface area contributed by atoms with E-state index in [9.17, 15) is 4.79 Å². The largest absolute Gasteiger partial charge is 0.452 e. The Bertz CT molecular complexity index is 1140. The van der Waals surface area contributed by atoms with Gasteiger partial charge < -0.3 is 15.4 Å². The van der Waals surface area contributed by atoms with Crippen molar-refractivity contribution in [1.82, 2.24) is 29.7 Å². The summed E-state index contributed by atoms with van der Waals surface area (Å²) in [6, 6.07) is 18.9. The number of carbonyl (C=O) groups is 1. The monoisotopic (exact) mass is 416 g/mol. The van der Waals surface area contributed by atoms with E-state index in [1.54, 1.807) is 23.7 Å². The molecule has 0 saturated heterocycles. The number of carbonyl (C=O) groups excluding carboxylic acids is 1. The lowest BCUT2D eigenvalue weighted by Crippen LogP contribution is -2.17. The van der Waals surface area contributed by atoms with E-state index < -0.39 is 5.97 Å². The standard InChI is InChI=1S/C21H20N8O2/c1-28(2)21-24-16(23-20(22)26-21)13-31-19(30)17-25-18(14-9-5-3-6-10-14)29(27-17)15-11-7-4-8-12-15/h3-12H,13H2,1-2H3,(H2,22,23,24,26). The van der Waals surface area contributed by atoms with Crippen molar-refractivity contribution in [3.05, 3.63) is 72.3 Å². The quantitative estimate of drug-likeness (QED) is 0.470. The molecule has 4 aromatic rings. The second-order valence-corrected chi connectivity index (χ2v) is 6.75. The molecule has 10 heteroatoms. The van der Waals surface area contributed by atoms with Gasteiger partial charge >= 0.3 is 5.97 Å². The van der Waals surface area contributed by atoms with Crippen LogP contribution >= 0.6 is 0 Å². The van der Waals surface area contributed by atoms with Crippen molar-refractivity contribution < 1.29 is 9.53 Å². The van der Waals surface area contributed by atoms with Gasteiger partial charge in [0.2, 0.25) is 11.9 Å². The van der Waals surface area contributed by atoms with Crippen molar-refractivity contribution in [2.45, 2.75) is 6.61 Å². The van der Waals surface area contributed by atoms with Crippen molar-refractivity contribution in [2.75, 3.05) is 24.7 Å². The van der Waals surface area contributed by atoms with E-state index in [1.165, 1.54) is 0 Å². The predicted molar refractivity (Wildman–Crippen MR) is 114 cm³/mol. The third-order valence-electron chi connectivity index (χ3n) is 4.24. The summed E-state index contributed by atoms with van der Waals surface area (Å²) in [6.07, 6.45) is 0. The van der Waals surface area contributed by atoms with Crippen LogP contribution in [0.5, 0.6) is 0 Å². The maximum atomic E-state index is 12.7. The summed E-state index contributed by atoms with van der Waals surface area (Å²) in [4.78, 5) is 31.0. The van der Waals surface area contributed by atoms with Gasteiger partial charge in [-0.25, -0.2) is 14.5 Å². The van der Waals surface area contributed by atoms with Gasteiger partial charge in [0.15, 0.2) is 18.3 Å². The lowest BCUT2D eigenvalue weighted by molar-refractivity contribution is 0.0448. The number of para-hydroxylation sites is 1. The summed E-state index contributed by atoms with van der Waals surface area (Å²) in [6.45, 7) is -0.188. The SMILES string of the molecule is CN(C)c1nc(N)nc(COC(=O)c2nc(-c3ccccc3)n(-c3ccccc3)n2)n1. The average Bonchev–Trinajstić information content (AvgIpc) is 3.24. The van der Waals surface area contributed by atoms with Crippen LogP contribution in [-0.2, 0) is 11.3 Å². The highest BCUT2D eigenvalue weighted by Crippen LogP contribution is 2.21. The number of ether oxygens (including phenoxy) is 1. The van der Waals surface area contributed by atoms with E-state index in [0.717, 1.165) is 11.3 Å². The van der Waals surface area contributed by atoms with Gasteiger partial charge in [-0.1, -0.05) is 48.5 Å². The molecule has 0 bridgehead atoms. The number of nitrogens with zero attached hydrogens (tertiary/aromatic N) is 7. The van der Waals surface area contributed by atoms with Crippen LogP contribution in [0, 0.1) is 0 Å². The number of benzene rings is 2. The van der Waals surface area contributed by atoms with Crippen molar-refractivity contribution in [3.63, 3.8) is 0 Å². The molecule has 0 saturated carbocycles. The zero-order valence-corrected chi connectivity index (χ0v) is 17.0. The predicted octanol–water partition coefficient (Wildman–Crippen LogP) is 2.12. The molecule has 2 N–H and O–H groups in total. The number of hydrogen-bond donors (Lipinski definition) is 1. The van der Waals surface area contributed by atoms with E-state index in [4.69, 9.17) is 10.5 Å². The normalized spacial score (nSPS) is 10.6. The molecule has 31 heavy (non-hydrogen) atoms. The van der Waals surface area contributed by atoms with Gasteiger partial charge in [-0.3, -0.25) is 0 Å². The Kier molecular flexibility index (Phi) is 5.52. The first-order valence-corrected chi connectivity index (χ1v) is 9.44. The number of anilines is 2. The Morgan fingerprint density at radius 1 is 0.968 bits per heavy atom. The fourth-order valence-electron chi connectivity index (χ4n) is 2.81. The summed E-state index contributed by atoms with van der Waals surface area (Å²) >= 11 is 0. The molecule has 0 aliphatic carbocycles. The van der Waals surface area contributed by atoms with Gasteiger partial charge in [-0.15, -0.1) is 5.10 Å². The van der Waals surface area contributed by atoms with Crippen LogP contribution in [0.15, 0.2) is 60.7 Å². The molecule has 2 aromatic carbocycles. The molecule has 0 amide bonds. The second-order valence-electron chi connectivity index (χ2n) is 6.75. The van der Waals surface area contributed by atoms with E-state index in [1.807, 2.05) is 60.7 Å². The molecule has 2 aromatic heterocycles. The molecule has 4 rings (SSSR count). The third kappa shape index (κ3) is 4.47. The highest BCUT2D eigenvalue weighted by Gasteiger charge is 2.20. The molecule has 0 aliphatic heterocycles. The van der Waals surface area contributed by atoms with Gasteiger partial charge in [-0.2, -0.15) is 15.0 Å². The summed E-state index contributed by atoms with van der Waals surface area (Å²) in [5, 5.41) is 4.38. The molecule has 156 valence electrons. The lowest BCUT2D eigenvalue weighted by Gasteiger charge is -2.11. The Balaban J connectivity index is 1.61. The Morgan fingerprint density at radius 3 is 2.32 bits per heavy atom. The summed E-state index contributed by atoms with van der Waals surface area (Å²) in [5.74, 6) is 0.405. The zero-order valence-electron chi connectivity index (χ0n) is 17.0. The highest BCUT2D eigenvalue weighted by atomic mass is 16.5. The Morgan fingerprint density at radius 2 is 1.65 bits per heavy atom. The molecule has 10 nitrogen and oxygen atoms in total. The first kappa shape index (κ1) is 20.0. The first-order valence-electron chi connectivity index (χ1n) is 9.44. The summed E-state index contributed by atoms with van der Waals surface area (Å²) in [5.41, 5.74) is 7.30. The van der Waals surface area contributed by atoms with Crippen LogP contribution in [0.4, 0.5) is 11.9 Å². The number of esters is 1. The van der Waals surface area contributed by atoms with Crippen molar-refractivity contribution in [2.24, 2.45) is 0 Å². The molecule has 0 atom stereocenters. The Labute approximate surface area is 178 Å². The van der Waals surface area contributed by atoms with Crippen molar-refractivity contribution in [1.29, 1.82) is 0 Å². The molecular formula is C21H20N8O2. The van der Waals surface area contributed by atoms with Crippen molar-refractivity contribution >= 4 is 17.9 Å². The molecule has 0 unspecified atom stereocenters. The van der Waals surface area contributed by atoms with Crippen LogP contribution in [0.3, 0.4) is 0 Å². The van der Waals surface area contributed by atoms with E-state index in [-0.39, 0.29) is 24.2 Å². The molecule has 0 spiro atoms. The van der Waals surface area contributed by atoms with Gasteiger partial charge in [0.1, 0.15) is 0 Å². The molecule has 0 fully saturated rings. The molecule has 2 heterocycles. The van der Waals surface area contributed by atoms with Crippen LogP contribution in [0.1, 0.15) is 16.4 Å². The molecule has 0 aliphatic rings. The first-order chi connectivity index (χ1) is 15.0. The minimum Gasteiger partial charge on any atom is -0.452 e. The van der Waals surface area contributed by atoms with Gasteiger partial charge in [0.05, 0.1) is 5.69 Å². The smallest absolute Gasteiger partial charge is 0.378 e. The molecular weight excluding hydrogens is 396 g/mol. The van der Waals surface area contributed by atoms with Gasteiger partial charge in [0.25, 0.3) is 5.82 Å².